The Morgan fingerprint density at radius 1 is 1.23 bits per heavy atom. The molecule has 0 saturated heterocycles. The van der Waals surface area contributed by atoms with Gasteiger partial charge in [0.1, 0.15) is 5.75 Å². The van der Waals surface area contributed by atoms with E-state index in [0.29, 0.717) is 11.7 Å². The van der Waals surface area contributed by atoms with Crippen LogP contribution in [-0.2, 0) is 9.59 Å². The lowest BCUT2D eigenvalue weighted by atomic mass is 9.96. The number of carbonyl (C=O) groups is 2. The van der Waals surface area contributed by atoms with Gasteiger partial charge in [0.2, 0.25) is 5.91 Å². The first-order valence-electron chi connectivity index (χ1n) is 7.12. The summed E-state index contributed by atoms with van der Waals surface area (Å²) in [6.07, 6.45) is 0. The van der Waals surface area contributed by atoms with Gasteiger partial charge in [0, 0.05) is 5.41 Å². The van der Waals surface area contributed by atoms with Crippen LogP contribution >= 0.6 is 15.9 Å². The van der Waals surface area contributed by atoms with Gasteiger partial charge in [-0.1, -0.05) is 40.7 Å². The summed E-state index contributed by atoms with van der Waals surface area (Å²) in [6, 6.07) is 5.75. The second kappa shape index (κ2) is 7.63. The summed E-state index contributed by atoms with van der Waals surface area (Å²) in [5.74, 6) is 0.323. The van der Waals surface area contributed by atoms with Crippen molar-refractivity contribution in [3.63, 3.8) is 0 Å². The van der Waals surface area contributed by atoms with Gasteiger partial charge in [-0.05, 0) is 39.5 Å². The zero-order chi connectivity index (χ0) is 16.9. The summed E-state index contributed by atoms with van der Waals surface area (Å²) in [5.41, 5.74) is 5.31. The molecule has 0 aliphatic heterocycles. The smallest absolute Gasteiger partial charge is 0.276 e. The van der Waals surface area contributed by atoms with Crippen LogP contribution in [0.3, 0.4) is 0 Å². The van der Waals surface area contributed by atoms with Gasteiger partial charge in [0.05, 0.1) is 4.47 Å². The van der Waals surface area contributed by atoms with Crippen LogP contribution in [-0.4, -0.2) is 18.4 Å². The molecule has 2 amide bonds. The van der Waals surface area contributed by atoms with E-state index in [1.165, 1.54) is 5.56 Å². The van der Waals surface area contributed by atoms with Crippen molar-refractivity contribution in [1.82, 2.24) is 10.9 Å². The minimum atomic E-state index is -0.566. The van der Waals surface area contributed by atoms with E-state index in [1.54, 1.807) is 20.8 Å². The average Bonchev–Trinajstić information content (AvgIpc) is 2.42. The Morgan fingerprint density at radius 3 is 2.36 bits per heavy atom. The summed E-state index contributed by atoms with van der Waals surface area (Å²) in [5, 5.41) is 0. The van der Waals surface area contributed by atoms with Crippen LogP contribution in [0.4, 0.5) is 0 Å². The van der Waals surface area contributed by atoms with E-state index in [-0.39, 0.29) is 12.5 Å². The SMILES string of the molecule is CC(C)c1ccc(OCC(=O)NNC(=O)C(C)(C)C)c(Br)c1. The van der Waals surface area contributed by atoms with Gasteiger partial charge in [0.15, 0.2) is 6.61 Å². The number of halogens is 1. The zero-order valence-electron chi connectivity index (χ0n) is 13.6. The van der Waals surface area contributed by atoms with Gasteiger partial charge < -0.3 is 4.74 Å². The molecular formula is C16H23BrN2O3. The molecule has 0 atom stereocenters. The molecule has 0 aromatic heterocycles. The molecule has 0 radical (unpaired) electrons. The number of amides is 2. The standard InChI is InChI=1S/C16H23BrN2O3/c1-10(2)11-6-7-13(12(17)8-11)22-9-14(20)18-19-15(21)16(3,4)5/h6-8,10H,9H2,1-5H3,(H,18,20)(H,19,21). The third-order valence-electron chi connectivity index (χ3n) is 2.98. The molecule has 1 rings (SSSR count). The molecule has 1 aromatic carbocycles. The second-order valence-electron chi connectivity index (χ2n) is 6.39. The Labute approximate surface area is 139 Å². The molecule has 0 bridgehead atoms. The van der Waals surface area contributed by atoms with Crippen LogP contribution in [0.2, 0.25) is 0 Å². The van der Waals surface area contributed by atoms with Gasteiger partial charge in [-0.25, -0.2) is 0 Å². The van der Waals surface area contributed by atoms with Crippen LogP contribution in [0, 0.1) is 5.41 Å². The molecule has 0 fully saturated rings. The normalized spacial score (nSPS) is 11.2. The maximum absolute atomic E-state index is 11.7. The largest absolute Gasteiger partial charge is 0.483 e. The van der Waals surface area contributed by atoms with Crippen LogP contribution < -0.4 is 15.6 Å². The number of ether oxygens (including phenoxy) is 1. The highest BCUT2D eigenvalue weighted by molar-refractivity contribution is 9.10. The second-order valence-corrected chi connectivity index (χ2v) is 7.24. The Kier molecular flexibility index (Phi) is 6.41. The predicted molar refractivity (Wildman–Crippen MR) is 89.5 cm³/mol. The Balaban J connectivity index is 2.49. The first-order valence-corrected chi connectivity index (χ1v) is 7.92. The van der Waals surface area contributed by atoms with Crippen molar-refractivity contribution in [2.24, 2.45) is 5.41 Å². The van der Waals surface area contributed by atoms with E-state index in [9.17, 15) is 9.59 Å². The van der Waals surface area contributed by atoms with Crippen LogP contribution in [0.1, 0.15) is 46.1 Å². The fourth-order valence-corrected chi connectivity index (χ4v) is 2.00. The Hall–Kier alpha value is -1.56. The van der Waals surface area contributed by atoms with Crippen molar-refractivity contribution in [2.45, 2.75) is 40.5 Å². The molecule has 122 valence electrons. The van der Waals surface area contributed by atoms with Crippen LogP contribution in [0.5, 0.6) is 5.75 Å². The molecule has 22 heavy (non-hydrogen) atoms. The molecule has 1 aromatic rings. The maximum Gasteiger partial charge on any atom is 0.276 e. The van der Waals surface area contributed by atoms with E-state index in [2.05, 4.69) is 40.6 Å². The average molecular weight is 371 g/mol. The quantitative estimate of drug-likeness (QED) is 0.799. The third-order valence-corrected chi connectivity index (χ3v) is 3.60. The van der Waals surface area contributed by atoms with Crippen molar-refractivity contribution >= 4 is 27.7 Å². The fraction of sp³-hybridized carbons (Fsp3) is 0.500. The molecule has 5 nitrogen and oxygen atoms in total. The van der Waals surface area contributed by atoms with Gasteiger partial charge >= 0.3 is 0 Å². The van der Waals surface area contributed by atoms with Crippen molar-refractivity contribution in [3.8, 4) is 5.75 Å². The molecule has 0 heterocycles. The minimum absolute atomic E-state index is 0.177. The summed E-state index contributed by atoms with van der Waals surface area (Å²) >= 11 is 3.43. The molecule has 0 aliphatic rings. The summed E-state index contributed by atoms with van der Waals surface area (Å²) in [6.45, 7) is 9.32. The summed E-state index contributed by atoms with van der Waals surface area (Å²) < 4.78 is 6.24. The highest BCUT2D eigenvalue weighted by Gasteiger charge is 2.21. The van der Waals surface area contributed by atoms with E-state index in [0.717, 1.165) is 4.47 Å². The van der Waals surface area contributed by atoms with Gasteiger partial charge in [-0.3, -0.25) is 20.4 Å². The molecule has 0 aliphatic carbocycles. The summed E-state index contributed by atoms with van der Waals surface area (Å²) in [4.78, 5) is 23.3. The van der Waals surface area contributed by atoms with Gasteiger partial charge in [0.25, 0.3) is 5.91 Å². The van der Waals surface area contributed by atoms with E-state index < -0.39 is 11.3 Å². The molecule has 0 saturated carbocycles. The molecule has 6 heteroatoms. The number of rotatable bonds is 4. The Morgan fingerprint density at radius 2 is 1.86 bits per heavy atom. The highest BCUT2D eigenvalue weighted by atomic mass is 79.9. The first kappa shape index (κ1) is 18.5. The van der Waals surface area contributed by atoms with Crippen LogP contribution in [0.15, 0.2) is 22.7 Å². The lowest BCUT2D eigenvalue weighted by Gasteiger charge is -2.18. The number of hydrogen-bond donors (Lipinski definition) is 2. The topological polar surface area (TPSA) is 67.4 Å². The number of benzene rings is 1. The van der Waals surface area contributed by atoms with Gasteiger partial charge in [-0.2, -0.15) is 0 Å². The predicted octanol–water partition coefficient (Wildman–Crippen LogP) is 3.14. The number of carbonyl (C=O) groups excluding carboxylic acids is 2. The van der Waals surface area contributed by atoms with E-state index in [1.807, 2.05) is 18.2 Å². The minimum Gasteiger partial charge on any atom is -0.483 e. The fourth-order valence-electron chi connectivity index (χ4n) is 1.49. The van der Waals surface area contributed by atoms with Crippen molar-refractivity contribution in [2.75, 3.05) is 6.61 Å². The molecular weight excluding hydrogens is 348 g/mol. The van der Waals surface area contributed by atoms with E-state index in [4.69, 9.17) is 4.74 Å². The molecule has 0 spiro atoms. The monoisotopic (exact) mass is 370 g/mol. The number of hydrogen-bond acceptors (Lipinski definition) is 3. The zero-order valence-corrected chi connectivity index (χ0v) is 15.2. The van der Waals surface area contributed by atoms with Crippen molar-refractivity contribution in [3.05, 3.63) is 28.2 Å². The lowest BCUT2D eigenvalue weighted by molar-refractivity contribution is -0.134. The molecule has 0 unspecified atom stereocenters. The highest BCUT2D eigenvalue weighted by Crippen LogP contribution is 2.28. The first-order chi connectivity index (χ1) is 10.1. The molecule has 2 N–H and O–H groups in total. The van der Waals surface area contributed by atoms with Gasteiger partial charge in [-0.15, -0.1) is 0 Å². The maximum atomic E-state index is 11.7. The lowest BCUT2D eigenvalue weighted by Crippen LogP contribution is -2.48. The third kappa shape index (κ3) is 5.67. The van der Waals surface area contributed by atoms with Crippen molar-refractivity contribution in [1.29, 1.82) is 0 Å². The number of hydrazine groups is 1. The van der Waals surface area contributed by atoms with E-state index >= 15 is 0 Å². The number of nitrogens with one attached hydrogen (secondary N) is 2. The van der Waals surface area contributed by atoms with Crippen molar-refractivity contribution < 1.29 is 14.3 Å². The Bertz CT molecular complexity index is 551. The summed E-state index contributed by atoms with van der Waals surface area (Å²) in [7, 11) is 0. The van der Waals surface area contributed by atoms with Crippen LogP contribution in [0.25, 0.3) is 0 Å².